The average molecular weight is 509 g/mol. The van der Waals surface area contributed by atoms with Gasteiger partial charge in [0.2, 0.25) is 5.91 Å². The van der Waals surface area contributed by atoms with Gasteiger partial charge in [0.05, 0.1) is 32.9 Å². The number of hydrogen-bond acceptors (Lipinski definition) is 6. The second-order valence-electron chi connectivity index (χ2n) is 8.90. The summed E-state index contributed by atoms with van der Waals surface area (Å²) in [5.41, 5.74) is 2.55. The minimum atomic E-state index is -0.257. The van der Waals surface area contributed by atoms with Crippen molar-refractivity contribution in [3.8, 4) is 17.2 Å². The van der Waals surface area contributed by atoms with E-state index in [-0.39, 0.29) is 30.4 Å². The quantitative estimate of drug-likeness (QED) is 0.437. The van der Waals surface area contributed by atoms with Gasteiger partial charge < -0.3 is 24.0 Å². The minimum absolute atomic E-state index is 0.0300. The van der Waals surface area contributed by atoms with Crippen molar-refractivity contribution in [3.05, 3.63) is 75.5 Å². The zero-order chi connectivity index (χ0) is 25.8. The number of benzene rings is 2. The predicted molar refractivity (Wildman–Crippen MR) is 140 cm³/mol. The molecule has 4 rings (SSSR count). The summed E-state index contributed by atoms with van der Waals surface area (Å²) in [7, 11) is 4.71. The smallest absolute Gasteiger partial charge is 0.258 e. The highest BCUT2D eigenvalue weighted by atomic mass is 32.1. The van der Waals surface area contributed by atoms with Crippen LogP contribution < -0.4 is 14.2 Å². The number of hydrogen-bond donors (Lipinski definition) is 0. The SMILES string of the molecule is COc1ccc(C2c3ccsc3CCN2C(=O)CN(C(=O)c2ccc(OC)cc2OC)C(C)C)cc1. The maximum atomic E-state index is 13.8. The molecule has 0 N–H and O–H groups in total. The number of carbonyl (C=O) groups is 2. The number of thiophene rings is 1. The van der Waals surface area contributed by atoms with Crippen LogP contribution in [-0.4, -0.2) is 62.1 Å². The van der Waals surface area contributed by atoms with Gasteiger partial charge in [-0.1, -0.05) is 12.1 Å². The third-order valence-electron chi connectivity index (χ3n) is 6.55. The molecule has 0 saturated carbocycles. The molecule has 3 aromatic rings. The van der Waals surface area contributed by atoms with E-state index in [1.165, 1.54) is 12.0 Å². The molecular formula is C28H32N2O5S. The van der Waals surface area contributed by atoms with Gasteiger partial charge in [-0.2, -0.15) is 0 Å². The van der Waals surface area contributed by atoms with Gasteiger partial charge in [0.15, 0.2) is 0 Å². The molecule has 0 spiro atoms. The van der Waals surface area contributed by atoms with Crippen molar-refractivity contribution in [2.75, 3.05) is 34.4 Å². The first-order valence-electron chi connectivity index (χ1n) is 11.9. The van der Waals surface area contributed by atoms with Gasteiger partial charge in [0.1, 0.15) is 23.8 Å². The molecule has 0 radical (unpaired) electrons. The first-order chi connectivity index (χ1) is 17.4. The summed E-state index contributed by atoms with van der Waals surface area (Å²) in [5, 5.41) is 2.08. The summed E-state index contributed by atoms with van der Waals surface area (Å²) >= 11 is 1.72. The largest absolute Gasteiger partial charge is 0.497 e. The summed E-state index contributed by atoms with van der Waals surface area (Å²) in [6.45, 7) is 4.39. The van der Waals surface area contributed by atoms with E-state index < -0.39 is 0 Å². The van der Waals surface area contributed by atoms with E-state index in [1.54, 1.807) is 48.7 Å². The number of ether oxygens (including phenoxy) is 3. The van der Waals surface area contributed by atoms with E-state index in [4.69, 9.17) is 14.2 Å². The number of amides is 2. The lowest BCUT2D eigenvalue weighted by molar-refractivity contribution is -0.134. The standard InChI is InChI=1S/C28H32N2O5S/c1-18(2)30(28(32)22-11-10-21(34-4)16-24(22)35-5)17-26(31)29-14-12-25-23(13-15-36-25)27(29)19-6-8-20(33-3)9-7-19/h6-11,13,15-16,18,27H,12,14,17H2,1-5H3. The van der Waals surface area contributed by atoms with Gasteiger partial charge >= 0.3 is 0 Å². The molecule has 190 valence electrons. The molecule has 36 heavy (non-hydrogen) atoms. The predicted octanol–water partition coefficient (Wildman–Crippen LogP) is 4.80. The molecule has 0 saturated heterocycles. The Hall–Kier alpha value is -3.52. The molecule has 8 heteroatoms. The highest BCUT2D eigenvalue weighted by molar-refractivity contribution is 7.10. The molecule has 1 aromatic heterocycles. The maximum absolute atomic E-state index is 13.8. The third kappa shape index (κ3) is 5.04. The first-order valence-corrected chi connectivity index (χ1v) is 12.8. The van der Waals surface area contributed by atoms with Crippen LogP contribution in [0.15, 0.2) is 53.9 Å². The van der Waals surface area contributed by atoms with E-state index in [9.17, 15) is 9.59 Å². The van der Waals surface area contributed by atoms with Crippen LogP contribution in [0.5, 0.6) is 17.2 Å². The van der Waals surface area contributed by atoms with E-state index in [0.29, 0.717) is 23.6 Å². The van der Waals surface area contributed by atoms with Crippen molar-refractivity contribution in [3.63, 3.8) is 0 Å². The Kier molecular flexibility index (Phi) is 7.84. The summed E-state index contributed by atoms with van der Waals surface area (Å²) in [6.07, 6.45) is 0.799. The van der Waals surface area contributed by atoms with Crippen molar-refractivity contribution in [1.29, 1.82) is 0 Å². The molecule has 2 amide bonds. The van der Waals surface area contributed by atoms with Crippen LogP contribution in [0.3, 0.4) is 0 Å². The summed E-state index contributed by atoms with van der Waals surface area (Å²) in [4.78, 5) is 32.2. The number of carbonyl (C=O) groups excluding carboxylic acids is 2. The Morgan fingerprint density at radius 1 is 1.00 bits per heavy atom. The Morgan fingerprint density at radius 3 is 2.33 bits per heavy atom. The summed E-state index contributed by atoms with van der Waals surface area (Å²) in [5.74, 6) is 1.42. The van der Waals surface area contributed by atoms with Crippen LogP contribution in [0.4, 0.5) is 0 Å². The highest BCUT2D eigenvalue weighted by Gasteiger charge is 2.35. The molecule has 2 heterocycles. The number of rotatable bonds is 8. The molecule has 1 atom stereocenters. The number of nitrogens with zero attached hydrogens (tertiary/aromatic N) is 2. The van der Waals surface area contributed by atoms with E-state index in [0.717, 1.165) is 23.3 Å². The van der Waals surface area contributed by atoms with E-state index >= 15 is 0 Å². The van der Waals surface area contributed by atoms with E-state index in [1.807, 2.05) is 43.0 Å². The topological polar surface area (TPSA) is 68.3 Å². The van der Waals surface area contributed by atoms with Gasteiger partial charge in [-0.15, -0.1) is 11.3 Å². The van der Waals surface area contributed by atoms with Crippen molar-refractivity contribution in [2.24, 2.45) is 0 Å². The zero-order valence-corrected chi connectivity index (χ0v) is 22.1. The lowest BCUT2D eigenvalue weighted by Crippen LogP contribution is -2.48. The Labute approximate surface area is 216 Å². The van der Waals surface area contributed by atoms with Crippen LogP contribution in [-0.2, 0) is 11.2 Å². The van der Waals surface area contributed by atoms with Crippen LogP contribution >= 0.6 is 11.3 Å². The van der Waals surface area contributed by atoms with Gasteiger partial charge in [0, 0.05) is 23.5 Å². The van der Waals surface area contributed by atoms with Crippen LogP contribution in [0, 0.1) is 0 Å². The second-order valence-corrected chi connectivity index (χ2v) is 9.91. The second kappa shape index (κ2) is 11.0. The average Bonchev–Trinajstić information content (AvgIpc) is 3.39. The minimum Gasteiger partial charge on any atom is -0.497 e. The molecule has 1 unspecified atom stereocenters. The van der Waals surface area contributed by atoms with Gasteiger partial charge in [-0.25, -0.2) is 0 Å². The third-order valence-corrected chi connectivity index (χ3v) is 7.54. The van der Waals surface area contributed by atoms with Gasteiger partial charge in [-0.3, -0.25) is 9.59 Å². The van der Waals surface area contributed by atoms with E-state index in [2.05, 4.69) is 11.4 Å². The monoisotopic (exact) mass is 508 g/mol. The maximum Gasteiger partial charge on any atom is 0.258 e. The molecule has 2 aromatic carbocycles. The molecule has 0 fully saturated rings. The van der Waals surface area contributed by atoms with Gasteiger partial charge in [-0.05, 0) is 67.1 Å². The summed E-state index contributed by atoms with van der Waals surface area (Å²) in [6, 6.07) is 14.6. The van der Waals surface area contributed by atoms with Gasteiger partial charge in [0.25, 0.3) is 5.91 Å². The lowest BCUT2D eigenvalue weighted by Gasteiger charge is -2.38. The number of methoxy groups -OCH3 is 3. The van der Waals surface area contributed by atoms with Crippen molar-refractivity contribution in [2.45, 2.75) is 32.4 Å². The van der Waals surface area contributed by atoms with Crippen LogP contribution in [0.1, 0.15) is 46.3 Å². The van der Waals surface area contributed by atoms with Crippen molar-refractivity contribution in [1.82, 2.24) is 9.80 Å². The molecule has 0 aliphatic carbocycles. The fourth-order valence-electron chi connectivity index (χ4n) is 4.59. The first kappa shape index (κ1) is 25.6. The van der Waals surface area contributed by atoms with Crippen molar-refractivity contribution >= 4 is 23.2 Å². The van der Waals surface area contributed by atoms with Crippen LogP contribution in [0.25, 0.3) is 0 Å². The fourth-order valence-corrected chi connectivity index (χ4v) is 5.49. The Balaban J connectivity index is 1.63. The molecule has 7 nitrogen and oxygen atoms in total. The summed E-state index contributed by atoms with van der Waals surface area (Å²) < 4.78 is 16.0. The highest BCUT2D eigenvalue weighted by Crippen LogP contribution is 2.38. The molecule has 1 aliphatic rings. The Bertz CT molecular complexity index is 1220. The molecule has 1 aliphatic heterocycles. The normalized spacial score (nSPS) is 14.8. The number of fused-ring (bicyclic) bond motifs is 1. The lowest BCUT2D eigenvalue weighted by atomic mass is 9.93. The zero-order valence-electron chi connectivity index (χ0n) is 21.3. The van der Waals surface area contributed by atoms with Crippen LogP contribution in [0.2, 0.25) is 0 Å². The molecule has 0 bridgehead atoms. The molecular weight excluding hydrogens is 476 g/mol. The van der Waals surface area contributed by atoms with Crippen molar-refractivity contribution < 1.29 is 23.8 Å². The Morgan fingerprint density at radius 2 is 1.69 bits per heavy atom. The fraction of sp³-hybridized carbons (Fsp3) is 0.357.